The van der Waals surface area contributed by atoms with Gasteiger partial charge < -0.3 is 11.1 Å². The molecule has 4 aliphatic carbocycles. The van der Waals surface area contributed by atoms with Crippen LogP contribution in [-0.2, 0) is 19.8 Å². The van der Waals surface area contributed by atoms with E-state index in [0.29, 0.717) is 49.4 Å². The lowest BCUT2D eigenvalue weighted by Gasteiger charge is -2.60. The average molecular weight is 511 g/mol. The molecule has 7 rings (SSSR count). The fraction of sp³-hybridized carbons (Fsp3) is 0.556. The van der Waals surface area contributed by atoms with Crippen molar-refractivity contribution in [2.24, 2.45) is 28.9 Å². The highest BCUT2D eigenvalue weighted by molar-refractivity contribution is 7.90. The third-order valence-corrected chi connectivity index (χ3v) is 10.9. The third-order valence-electron chi connectivity index (χ3n) is 8.99. The molecule has 2 unspecified atom stereocenters. The molecule has 1 heterocycles. The summed E-state index contributed by atoms with van der Waals surface area (Å²) in [6.07, 6.45) is 6.15. The minimum atomic E-state index is -3.81. The second-order valence-corrected chi connectivity index (χ2v) is 13.4. The Balaban J connectivity index is 1.14. The normalized spacial score (nSPS) is 33.1. The first-order valence-electron chi connectivity index (χ1n) is 13.1. The fourth-order valence-electron chi connectivity index (χ4n) is 7.92. The van der Waals surface area contributed by atoms with Gasteiger partial charge in [0.1, 0.15) is 0 Å². The van der Waals surface area contributed by atoms with Gasteiger partial charge in [-0.2, -0.15) is 12.7 Å². The number of fused-ring (bicyclic) bond motifs is 1. The van der Waals surface area contributed by atoms with Gasteiger partial charge in [-0.05, 0) is 84.6 Å². The summed E-state index contributed by atoms with van der Waals surface area (Å²) >= 11 is 0. The maximum Gasteiger partial charge on any atom is 0.304 e. The Labute approximate surface area is 212 Å². The quantitative estimate of drug-likeness (QED) is 0.622. The Hall–Kier alpha value is -2.65. The minimum absolute atomic E-state index is 0.000126. The molecule has 36 heavy (non-hydrogen) atoms. The van der Waals surface area contributed by atoms with E-state index in [1.165, 1.54) is 8.61 Å². The Kier molecular flexibility index (Phi) is 5.75. The summed E-state index contributed by atoms with van der Waals surface area (Å²) in [5.41, 5.74) is 6.19. The first-order valence-corrected chi connectivity index (χ1v) is 14.5. The monoisotopic (exact) mass is 510 g/mol. The standard InChI is InChI=1S/C27H34N4O4S/c28-24(32)16-27-13-18-10-21(14-27)26(22(11-18)15-27)29-25(33)17-30-8-3-9-31(36(30,34)35)23-7-6-19-4-1-2-5-20(19)12-23/h1-2,4-7,12,18,21-22,26H,3,8-11,13-17H2,(H2,28,32)(H,29,33). The number of rotatable bonds is 6. The van der Waals surface area contributed by atoms with Gasteiger partial charge in [0.25, 0.3) is 0 Å². The molecule has 8 nitrogen and oxygen atoms in total. The van der Waals surface area contributed by atoms with Crippen molar-refractivity contribution in [3.63, 3.8) is 0 Å². The molecular formula is C27H34N4O4S. The summed E-state index contributed by atoms with van der Waals surface area (Å²) < 4.78 is 29.7. The number of nitrogens with one attached hydrogen (secondary N) is 1. The second-order valence-electron chi connectivity index (χ2n) is 11.5. The summed E-state index contributed by atoms with van der Waals surface area (Å²) in [4.78, 5) is 24.9. The first-order chi connectivity index (χ1) is 17.2. The molecule has 0 radical (unpaired) electrons. The molecular weight excluding hydrogens is 476 g/mol. The zero-order chi connectivity index (χ0) is 25.1. The first kappa shape index (κ1) is 23.7. The fourth-order valence-corrected chi connectivity index (χ4v) is 9.58. The van der Waals surface area contributed by atoms with Crippen molar-refractivity contribution in [3.05, 3.63) is 42.5 Å². The third kappa shape index (κ3) is 4.16. The van der Waals surface area contributed by atoms with Crippen molar-refractivity contribution in [1.29, 1.82) is 0 Å². The number of hydrogen-bond donors (Lipinski definition) is 2. The zero-order valence-electron chi connectivity index (χ0n) is 20.4. The number of hydrogen-bond acceptors (Lipinski definition) is 4. The van der Waals surface area contributed by atoms with Crippen molar-refractivity contribution in [2.45, 2.75) is 51.0 Å². The highest BCUT2D eigenvalue weighted by Gasteiger charge is 2.56. The molecule has 0 aromatic heterocycles. The molecule has 192 valence electrons. The van der Waals surface area contributed by atoms with Crippen molar-refractivity contribution in [2.75, 3.05) is 23.9 Å². The number of primary amides is 1. The van der Waals surface area contributed by atoms with E-state index in [0.717, 1.165) is 42.9 Å². The molecule has 4 bridgehead atoms. The van der Waals surface area contributed by atoms with Crippen LogP contribution in [0.2, 0.25) is 0 Å². The molecule has 5 fully saturated rings. The molecule has 9 heteroatoms. The second kappa shape index (κ2) is 8.73. The van der Waals surface area contributed by atoms with Crippen LogP contribution in [0.4, 0.5) is 5.69 Å². The van der Waals surface area contributed by atoms with E-state index in [9.17, 15) is 18.0 Å². The van der Waals surface area contributed by atoms with Gasteiger partial charge in [-0.1, -0.05) is 30.3 Å². The van der Waals surface area contributed by atoms with E-state index in [1.54, 1.807) is 0 Å². The van der Waals surface area contributed by atoms with E-state index in [2.05, 4.69) is 5.32 Å². The van der Waals surface area contributed by atoms with Crippen molar-refractivity contribution < 1.29 is 18.0 Å². The van der Waals surface area contributed by atoms with E-state index >= 15 is 0 Å². The topological polar surface area (TPSA) is 113 Å². The highest BCUT2D eigenvalue weighted by atomic mass is 32.2. The zero-order valence-corrected chi connectivity index (χ0v) is 21.3. The molecule has 3 N–H and O–H groups in total. The van der Waals surface area contributed by atoms with E-state index in [-0.39, 0.29) is 29.8 Å². The summed E-state index contributed by atoms with van der Waals surface area (Å²) in [5.74, 6) is 0.815. The summed E-state index contributed by atoms with van der Waals surface area (Å²) in [5, 5.41) is 5.25. The van der Waals surface area contributed by atoms with Crippen LogP contribution in [0.3, 0.4) is 0 Å². The summed E-state index contributed by atoms with van der Waals surface area (Å²) in [7, 11) is -3.81. The van der Waals surface area contributed by atoms with Gasteiger partial charge in [-0.15, -0.1) is 0 Å². The molecule has 1 saturated heterocycles. The van der Waals surface area contributed by atoms with Crippen molar-refractivity contribution in [1.82, 2.24) is 9.62 Å². The number of carbonyl (C=O) groups excluding carboxylic acids is 2. The molecule has 2 aromatic carbocycles. The number of nitrogens with two attached hydrogens (primary N) is 1. The number of benzene rings is 2. The highest BCUT2D eigenvalue weighted by Crippen LogP contribution is 2.61. The van der Waals surface area contributed by atoms with Crippen LogP contribution >= 0.6 is 0 Å². The van der Waals surface area contributed by atoms with Crippen LogP contribution in [0.25, 0.3) is 10.8 Å². The van der Waals surface area contributed by atoms with E-state index in [4.69, 9.17) is 5.73 Å². The molecule has 1 aliphatic heterocycles. The SMILES string of the molecule is NC(=O)CC12CC3CC(C1)C(NC(=O)CN1CCCN(c4ccc5ccccc5c4)S1(=O)=O)C(C3)C2. The van der Waals surface area contributed by atoms with Gasteiger partial charge in [-0.3, -0.25) is 13.9 Å². The van der Waals surface area contributed by atoms with Crippen molar-refractivity contribution >= 4 is 38.5 Å². The number of amides is 2. The van der Waals surface area contributed by atoms with Crippen LogP contribution < -0.4 is 15.4 Å². The van der Waals surface area contributed by atoms with Gasteiger partial charge in [0.2, 0.25) is 11.8 Å². The van der Waals surface area contributed by atoms with Crippen LogP contribution in [0.1, 0.15) is 44.9 Å². The minimum Gasteiger partial charge on any atom is -0.370 e. The summed E-state index contributed by atoms with van der Waals surface area (Å²) in [6, 6.07) is 13.6. The Bertz CT molecular complexity index is 1300. The van der Waals surface area contributed by atoms with Crippen LogP contribution in [0, 0.1) is 23.2 Å². The van der Waals surface area contributed by atoms with Gasteiger partial charge in [0, 0.05) is 25.6 Å². The van der Waals surface area contributed by atoms with Gasteiger partial charge in [-0.25, -0.2) is 0 Å². The maximum absolute atomic E-state index is 13.5. The predicted octanol–water partition coefficient (Wildman–Crippen LogP) is 2.78. The van der Waals surface area contributed by atoms with E-state index in [1.807, 2.05) is 42.5 Å². The number of nitrogens with zero attached hydrogens (tertiary/aromatic N) is 2. The smallest absolute Gasteiger partial charge is 0.304 e. The molecule has 2 aromatic rings. The molecule has 5 aliphatic rings. The molecule has 2 atom stereocenters. The van der Waals surface area contributed by atoms with Crippen LogP contribution in [0.15, 0.2) is 42.5 Å². The Morgan fingerprint density at radius 3 is 2.44 bits per heavy atom. The van der Waals surface area contributed by atoms with Crippen LogP contribution in [-0.4, -0.2) is 50.2 Å². The largest absolute Gasteiger partial charge is 0.370 e. The predicted molar refractivity (Wildman–Crippen MR) is 138 cm³/mol. The summed E-state index contributed by atoms with van der Waals surface area (Å²) in [6.45, 7) is 0.564. The number of anilines is 1. The average Bonchev–Trinajstić information content (AvgIpc) is 2.81. The Morgan fingerprint density at radius 1 is 1.00 bits per heavy atom. The maximum atomic E-state index is 13.5. The number of carbonyl (C=O) groups is 2. The van der Waals surface area contributed by atoms with Crippen LogP contribution in [0.5, 0.6) is 0 Å². The van der Waals surface area contributed by atoms with Gasteiger partial charge in [0.15, 0.2) is 0 Å². The molecule has 2 amide bonds. The van der Waals surface area contributed by atoms with Gasteiger partial charge in [0.05, 0.1) is 12.2 Å². The lowest BCUT2D eigenvalue weighted by Crippen LogP contribution is -2.61. The van der Waals surface area contributed by atoms with Gasteiger partial charge >= 0.3 is 10.2 Å². The van der Waals surface area contributed by atoms with E-state index < -0.39 is 10.2 Å². The molecule has 4 saturated carbocycles. The lowest BCUT2D eigenvalue weighted by atomic mass is 9.47. The Morgan fingerprint density at radius 2 is 1.72 bits per heavy atom. The lowest BCUT2D eigenvalue weighted by molar-refractivity contribution is -0.134. The molecule has 0 spiro atoms. The van der Waals surface area contributed by atoms with Crippen molar-refractivity contribution in [3.8, 4) is 0 Å².